The Hall–Kier alpha value is -0.0800. The summed E-state index contributed by atoms with van der Waals surface area (Å²) in [6, 6.07) is 0.621. The van der Waals surface area contributed by atoms with Crippen molar-refractivity contribution >= 4 is 0 Å². The fraction of sp³-hybridized carbons (Fsp3) is 1.00. The second-order valence-corrected chi connectivity index (χ2v) is 5.68. The topological polar surface area (TPSA) is 21.3 Å². The molecule has 0 radical (unpaired) electrons. The molecular weight excluding hydrogens is 198 g/mol. The largest absolute Gasteiger partial charge is 0.385 e. The first-order chi connectivity index (χ1) is 7.65. The van der Waals surface area contributed by atoms with Gasteiger partial charge in [0.2, 0.25) is 0 Å². The molecule has 0 bridgehead atoms. The summed E-state index contributed by atoms with van der Waals surface area (Å²) in [4.78, 5) is 0. The SMILES string of the molecule is COCCC(C)C1CCCC1CNC(C)C. The van der Waals surface area contributed by atoms with Crippen molar-refractivity contribution in [2.45, 2.75) is 52.5 Å². The van der Waals surface area contributed by atoms with Crippen molar-refractivity contribution in [2.24, 2.45) is 17.8 Å². The molecule has 2 nitrogen and oxygen atoms in total. The van der Waals surface area contributed by atoms with Gasteiger partial charge in [-0.3, -0.25) is 0 Å². The summed E-state index contributed by atoms with van der Waals surface area (Å²) >= 11 is 0. The van der Waals surface area contributed by atoms with E-state index in [2.05, 4.69) is 26.1 Å². The van der Waals surface area contributed by atoms with Crippen LogP contribution in [0.5, 0.6) is 0 Å². The quantitative estimate of drug-likeness (QED) is 0.721. The van der Waals surface area contributed by atoms with Crippen molar-refractivity contribution in [2.75, 3.05) is 20.3 Å². The normalized spacial score (nSPS) is 27.6. The van der Waals surface area contributed by atoms with Gasteiger partial charge in [0.15, 0.2) is 0 Å². The summed E-state index contributed by atoms with van der Waals surface area (Å²) in [6.07, 6.45) is 5.49. The predicted octanol–water partition coefficient (Wildman–Crippen LogP) is 3.07. The zero-order valence-electron chi connectivity index (χ0n) is 11.5. The number of methoxy groups -OCH3 is 1. The molecule has 0 aromatic heterocycles. The average molecular weight is 227 g/mol. The van der Waals surface area contributed by atoms with Gasteiger partial charge < -0.3 is 10.1 Å². The minimum absolute atomic E-state index is 0.621. The summed E-state index contributed by atoms with van der Waals surface area (Å²) in [6.45, 7) is 9.00. The molecule has 1 aliphatic carbocycles. The van der Waals surface area contributed by atoms with Gasteiger partial charge in [-0.25, -0.2) is 0 Å². The molecule has 0 saturated heterocycles. The van der Waals surface area contributed by atoms with Crippen molar-refractivity contribution < 1.29 is 4.74 Å². The highest BCUT2D eigenvalue weighted by molar-refractivity contribution is 4.82. The van der Waals surface area contributed by atoms with Gasteiger partial charge >= 0.3 is 0 Å². The second-order valence-electron chi connectivity index (χ2n) is 5.68. The molecule has 16 heavy (non-hydrogen) atoms. The van der Waals surface area contributed by atoms with Crippen LogP contribution in [0.1, 0.15) is 46.5 Å². The molecule has 0 aliphatic heterocycles. The smallest absolute Gasteiger partial charge is 0.0464 e. The van der Waals surface area contributed by atoms with E-state index >= 15 is 0 Å². The van der Waals surface area contributed by atoms with Crippen molar-refractivity contribution in [3.63, 3.8) is 0 Å². The number of nitrogens with one attached hydrogen (secondary N) is 1. The third-order valence-corrected chi connectivity index (χ3v) is 4.01. The molecule has 2 heteroatoms. The van der Waals surface area contributed by atoms with Crippen LogP contribution in [-0.2, 0) is 4.74 Å². The minimum Gasteiger partial charge on any atom is -0.385 e. The first-order valence-corrected chi connectivity index (χ1v) is 6.87. The van der Waals surface area contributed by atoms with E-state index in [-0.39, 0.29) is 0 Å². The molecule has 1 fully saturated rings. The zero-order valence-corrected chi connectivity index (χ0v) is 11.5. The Labute approximate surface area is 101 Å². The maximum atomic E-state index is 5.19. The van der Waals surface area contributed by atoms with Crippen LogP contribution in [0.15, 0.2) is 0 Å². The fourth-order valence-corrected chi connectivity index (χ4v) is 2.97. The highest BCUT2D eigenvalue weighted by Crippen LogP contribution is 2.37. The van der Waals surface area contributed by atoms with Crippen LogP contribution >= 0.6 is 0 Å². The molecule has 0 spiro atoms. The van der Waals surface area contributed by atoms with Crippen molar-refractivity contribution in [1.29, 1.82) is 0 Å². The number of hydrogen-bond donors (Lipinski definition) is 1. The monoisotopic (exact) mass is 227 g/mol. The third kappa shape index (κ3) is 4.42. The van der Waals surface area contributed by atoms with Gasteiger partial charge in [-0.2, -0.15) is 0 Å². The number of ether oxygens (including phenoxy) is 1. The fourth-order valence-electron chi connectivity index (χ4n) is 2.97. The van der Waals surface area contributed by atoms with E-state index in [1.165, 1.54) is 32.2 Å². The van der Waals surface area contributed by atoms with Gasteiger partial charge in [-0.1, -0.05) is 27.2 Å². The second kappa shape index (κ2) is 7.29. The van der Waals surface area contributed by atoms with Crippen LogP contribution in [-0.4, -0.2) is 26.3 Å². The number of rotatable bonds is 7. The van der Waals surface area contributed by atoms with E-state index in [4.69, 9.17) is 4.74 Å². The van der Waals surface area contributed by atoms with E-state index in [0.717, 1.165) is 24.4 Å². The van der Waals surface area contributed by atoms with Crippen LogP contribution in [0, 0.1) is 17.8 Å². The van der Waals surface area contributed by atoms with E-state index in [0.29, 0.717) is 6.04 Å². The molecule has 0 aromatic rings. The first kappa shape index (κ1) is 14.0. The summed E-state index contributed by atoms with van der Waals surface area (Å²) in [7, 11) is 1.80. The molecule has 3 unspecified atom stereocenters. The third-order valence-electron chi connectivity index (χ3n) is 4.01. The molecule has 1 rings (SSSR count). The Balaban J connectivity index is 2.32. The van der Waals surface area contributed by atoms with Gasteiger partial charge in [0.1, 0.15) is 0 Å². The first-order valence-electron chi connectivity index (χ1n) is 6.87. The highest BCUT2D eigenvalue weighted by Gasteiger charge is 2.30. The lowest BCUT2D eigenvalue weighted by molar-refractivity contribution is 0.153. The molecular formula is C14H29NO. The minimum atomic E-state index is 0.621. The molecule has 1 saturated carbocycles. The molecule has 0 heterocycles. The van der Waals surface area contributed by atoms with E-state index in [1.807, 2.05) is 0 Å². The lowest BCUT2D eigenvalue weighted by atomic mass is 9.83. The Kier molecular flexibility index (Phi) is 6.37. The Morgan fingerprint density at radius 2 is 2.00 bits per heavy atom. The van der Waals surface area contributed by atoms with E-state index in [1.54, 1.807) is 7.11 Å². The highest BCUT2D eigenvalue weighted by atomic mass is 16.5. The van der Waals surface area contributed by atoms with E-state index in [9.17, 15) is 0 Å². The summed E-state index contributed by atoms with van der Waals surface area (Å²) in [5.74, 6) is 2.64. The molecule has 0 aromatic carbocycles. The predicted molar refractivity (Wildman–Crippen MR) is 69.6 cm³/mol. The van der Waals surface area contributed by atoms with Gasteiger partial charge in [-0.15, -0.1) is 0 Å². The van der Waals surface area contributed by atoms with Crippen LogP contribution in [0.2, 0.25) is 0 Å². The number of hydrogen-bond acceptors (Lipinski definition) is 2. The molecule has 1 N–H and O–H groups in total. The summed E-state index contributed by atoms with van der Waals surface area (Å²) < 4.78 is 5.19. The average Bonchev–Trinajstić information content (AvgIpc) is 2.71. The maximum absolute atomic E-state index is 5.19. The lowest BCUT2D eigenvalue weighted by Gasteiger charge is -2.26. The van der Waals surface area contributed by atoms with Crippen molar-refractivity contribution in [3.05, 3.63) is 0 Å². The molecule has 3 atom stereocenters. The van der Waals surface area contributed by atoms with Gasteiger partial charge in [0.25, 0.3) is 0 Å². The van der Waals surface area contributed by atoms with Crippen LogP contribution in [0.25, 0.3) is 0 Å². The standard InChI is InChI=1S/C14H29NO/c1-11(2)15-10-13-6-5-7-14(13)12(3)8-9-16-4/h11-15H,5-10H2,1-4H3. The Morgan fingerprint density at radius 1 is 1.25 bits per heavy atom. The maximum Gasteiger partial charge on any atom is 0.0464 e. The van der Waals surface area contributed by atoms with Gasteiger partial charge in [0, 0.05) is 19.8 Å². The summed E-state index contributed by atoms with van der Waals surface area (Å²) in [5.41, 5.74) is 0. The van der Waals surface area contributed by atoms with Crippen molar-refractivity contribution in [1.82, 2.24) is 5.32 Å². The van der Waals surface area contributed by atoms with Crippen LogP contribution < -0.4 is 5.32 Å². The molecule has 96 valence electrons. The summed E-state index contributed by atoms with van der Waals surface area (Å²) in [5, 5.41) is 3.60. The molecule has 1 aliphatic rings. The lowest BCUT2D eigenvalue weighted by Crippen LogP contribution is -2.32. The van der Waals surface area contributed by atoms with Gasteiger partial charge in [0.05, 0.1) is 0 Å². The van der Waals surface area contributed by atoms with Crippen LogP contribution in [0.4, 0.5) is 0 Å². The van der Waals surface area contributed by atoms with Gasteiger partial charge in [-0.05, 0) is 43.6 Å². The van der Waals surface area contributed by atoms with E-state index < -0.39 is 0 Å². The van der Waals surface area contributed by atoms with Crippen LogP contribution in [0.3, 0.4) is 0 Å². The Bertz CT molecular complexity index is 182. The zero-order chi connectivity index (χ0) is 12.0. The molecule has 0 amide bonds. The Morgan fingerprint density at radius 3 is 2.62 bits per heavy atom. The van der Waals surface area contributed by atoms with Crippen molar-refractivity contribution in [3.8, 4) is 0 Å².